The Labute approximate surface area is 105 Å². The molecule has 0 unspecified atom stereocenters. The zero-order valence-corrected chi connectivity index (χ0v) is 10.1. The molecule has 0 amide bonds. The molecule has 0 heterocycles. The maximum Gasteiger partial charge on any atom is 0.314 e. The summed E-state index contributed by atoms with van der Waals surface area (Å²) >= 11 is 0. The predicted octanol–water partition coefficient (Wildman–Crippen LogP) is 2.96. The van der Waals surface area contributed by atoms with Crippen molar-refractivity contribution in [3.63, 3.8) is 0 Å². The number of hydrogen-bond acceptors (Lipinski definition) is 2. The first kappa shape index (κ1) is 11.1. The van der Waals surface area contributed by atoms with Gasteiger partial charge in [-0.05, 0) is 29.9 Å². The van der Waals surface area contributed by atoms with Gasteiger partial charge in [0.2, 0.25) is 0 Å². The summed E-state index contributed by atoms with van der Waals surface area (Å²) in [6, 6.07) is 11.6. The van der Waals surface area contributed by atoms with Gasteiger partial charge in [0.25, 0.3) is 0 Å². The lowest BCUT2D eigenvalue weighted by Gasteiger charge is -2.15. The molecule has 0 spiro atoms. The number of fused-ring (bicyclic) bond motifs is 1. The number of ether oxygens (including phenoxy) is 1. The number of methoxy groups -OCH3 is 1. The van der Waals surface area contributed by atoms with Crippen molar-refractivity contribution in [1.82, 2.24) is 0 Å². The molecule has 0 aromatic heterocycles. The molecule has 1 aliphatic carbocycles. The zero-order valence-electron chi connectivity index (χ0n) is 10.1. The van der Waals surface area contributed by atoms with Gasteiger partial charge in [-0.2, -0.15) is 0 Å². The van der Waals surface area contributed by atoms with Gasteiger partial charge in [-0.1, -0.05) is 30.3 Å². The standard InChI is InChI=1S/C15H14O3/c1-18-13-7-6-12(15(8-9-15)14(16)17)10-4-2-3-5-11(10)13/h2-7H,8-9H2,1H3,(H,16,17). The van der Waals surface area contributed by atoms with E-state index < -0.39 is 11.4 Å². The first-order valence-corrected chi connectivity index (χ1v) is 5.99. The zero-order chi connectivity index (χ0) is 12.8. The number of benzene rings is 2. The number of carboxylic acids is 1. The van der Waals surface area contributed by atoms with Gasteiger partial charge < -0.3 is 9.84 Å². The van der Waals surface area contributed by atoms with Gasteiger partial charge in [-0.15, -0.1) is 0 Å². The highest BCUT2D eigenvalue weighted by Crippen LogP contribution is 2.51. The quantitative estimate of drug-likeness (QED) is 0.900. The Bertz CT molecular complexity index is 627. The minimum atomic E-state index is -0.724. The molecule has 0 radical (unpaired) electrons. The normalized spacial score (nSPS) is 16.5. The molecule has 1 saturated carbocycles. The van der Waals surface area contributed by atoms with Crippen molar-refractivity contribution in [2.24, 2.45) is 0 Å². The number of aliphatic carboxylic acids is 1. The highest BCUT2D eigenvalue weighted by molar-refractivity contribution is 5.97. The molecule has 1 N–H and O–H groups in total. The van der Waals surface area contributed by atoms with Crippen LogP contribution in [0.2, 0.25) is 0 Å². The monoisotopic (exact) mass is 242 g/mol. The van der Waals surface area contributed by atoms with Gasteiger partial charge in [0.1, 0.15) is 5.75 Å². The lowest BCUT2D eigenvalue weighted by Crippen LogP contribution is -2.19. The van der Waals surface area contributed by atoms with Crippen molar-refractivity contribution in [3.8, 4) is 5.75 Å². The summed E-state index contributed by atoms with van der Waals surface area (Å²) in [5.41, 5.74) is 0.234. The third-order valence-corrected chi connectivity index (χ3v) is 3.78. The number of hydrogen-bond donors (Lipinski definition) is 1. The summed E-state index contributed by atoms with van der Waals surface area (Å²) in [5, 5.41) is 11.4. The fourth-order valence-electron chi connectivity index (χ4n) is 2.59. The third kappa shape index (κ3) is 1.40. The van der Waals surface area contributed by atoms with E-state index in [0.29, 0.717) is 0 Å². The molecule has 0 atom stereocenters. The fraction of sp³-hybridized carbons (Fsp3) is 0.267. The van der Waals surface area contributed by atoms with Crippen molar-refractivity contribution in [2.45, 2.75) is 18.3 Å². The van der Waals surface area contributed by atoms with Crippen LogP contribution in [0, 0.1) is 0 Å². The fourth-order valence-corrected chi connectivity index (χ4v) is 2.59. The SMILES string of the molecule is COc1ccc(C2(C(=O)O)CC2)c2ccccc12. The van der Waals surface area contributed by atoms with Gasteiger partial charge in [-0.25, -0.2) is 0 Å². The molecule has 0 bridgehead atoms. The molecule has 2 aromatic carbocycles. The molecular weight excluding hydrogens is 228 g/mol. The van der Waals surface area contributed by atoms with Crippen molar-refractivity contribution in [1.29, 1.82) is 0 Å². The highest BCUT2D eigenvalue weighted by Gasteiger charge is 2.52. The third-order valence-electron chi connectivity index (χ3n) is 3.78. The molecule has 3 rings (SSSR count). The van der Waals surface area contributed by atoms with Crippen molar-refractivity contribution < 1.29 is 14.6 Å². The van der Waals surface area contributed by atoms with Gasteiger partial charge in [0, 0.05) is 5.39 Å². The summed E-state index contributed by atoms with van der Waals surface area (Å²) in [7, 11) is 1.63. The molecular formula is C15H14O3. The van der Waals surface area contributed by atoms with E-state index in [-0.39, 0.29) is 0 Å². The second-order valence-electron chi connectivity index (χ2n) is 4.75. The molecule has 18 heavy (non-hydrogen) atoms. The Kier molecular flexibility index (Phi) is 2.30. The molecule has 0 saturated heterocycles. The molecule has 3 heteroatoms. The summed E-state index contributed by atoms with van der Waals surface area (Å²) in [6.07, 6.45) is 1.44. The average molecular weight is 242 g/mol. The first-order valence-electron chi connectivity index (χ1n) is 5.99. The molecule has 0 aliphatic heterocycles. The topological polar surface area (TPSA) is 46.5 Å². The second kappa shape index (κ2) is 3.73. The summed E-state index contributed by atoms with van der Waals surface area (Å²) in [5.74, 6) is 0.0633. The van der Waals surface area contributed by atoms with E-state index >= 15 is 0 Å². The molecule has 92 valence electrons. The lowest BCUT2D eigenvalue weighted by molar-refractivity contribution is -0.140. The van der Waals surface area contributed by atoms with Crippen LogP contribution in [0.5, 0.6) is 5.75 Å². The molecule has 1 fully saturated rings. The predicted molar refractivity (Wildman–Crippen MR) is 69.0 cm³/mol. The van der Waals surface area contributed by atoms with Crippen molar-refractivity contribution in [3.05, 3.63) is 42.0 Å². The minimum Gasteiger partial charge on any atom is -0.496 e. The van der Waals surface area contributed by atoms with Crippen LogP contribution in [-0.4, -0.2) is 18.2 Å². The van der Waals surface area contributed by atoms with E-state index in [1.54, 1.807) is 7.11 Å². The number of carbonyl (C=O) groups is 1. The van der Waals surface area contributed by atoms with Crippen LogP contribution in [0.25, 0.3) is 10.8 Å². The van der Waals surface area contributed by atoms with Crippen LogP contribution < -0.4 is 4.74 Å². The second-order valence-corrected chi connectivity index (χ2v) is 4.75. The van der Waals surface area contributed by atoms with E-state index in [4.69, 9.17) is 4.74 Å². The van der Waals surface area contributed by atoms with E-state index in [9.17, 15) is 9.90 Å². The smallest absolute Gasteiger partial charge is 0.314 e. The Hall–Kier alpha value is -2.03. The Morgan fingerprint density at radius 2 is 1.83 bits per heavy atom. The van der Waals surface area contributed by atoms with Crippen LogP contribution in [-0.2, 0) is 10.2 Å². The van der Waals surface area contributed by atoms with Crippen LogP contribution in [0.3, 0.4) is 0 Å². The maximum absolute atomic E-state index is 11.5. The Morgan fingerprint density at radius 3 is 2.39 bits per heavy atom. The number of carboxylic acid groups (broad SMARTS) is 1. The Balaban J connectivity index is 2.29. The van der Waals surface area contributed by atoms with Crippen molar-refractivity contribution >= 4 is 16.7 Å². The lowest BCUT2D eigenvalue weighted by atomic mass is 9.90. The minimum absolute atomic E-state index is 0.675. The van der Waals surface area contributed by atoms with Crippen molar-refractivity contribution in [2.75, 3.05) is 7.11 Å². The molecule has 1 aliphatic rings. The maximum atomic E-state index is 11.5. The summed E-state index contributed by atoms with van der Waals surface area (Å²) < 4.78 is 5.33. The average Bonchev–Trinajstić information content (AvgIpc) is 3.19. The van der Waals surface area contributed by atoms with Crippen LogP contribution >= 0.6 is 0 Å². The van der Waals surface area contributed by atoms with Gasteiger partial charge in [0.15, 0.2) is 0 Å². The highest BCUT2D eigenvalue weighted by atomic mass is 16.5. The van der Waals surface area contributed by atoms with Gasteiger partial charge >= 0.3 is 5.97 Å². The molecule has 3 nitrogen and oxygen atoms in total. The first-order chi connectivity index (χ1) is 8.69. The summed E-state index contributed by atoms with van der Waals surface area (Å²) in [6.45, 7) is 0. The largest absolute Gasteiger partial charge is 0.496 e. The van der Waals surface area contributed by atoms with E-state index in [1.807, 2.05) is 36.4 Å². The van der Waals surface area contributed by atoms with Gasteiger partial charge in [0.05, 0.1) is 12.5 Å². The van der Waals surface area contributed by atoms with Gasteiger partial charge in [-0.3, -0.25) is 4.79 Å². The van der Waals surface area contributed by atoms with E-state index in [2.05, 4.69) is 0 Å². The van der Waals surface area contributed by atoms with Crippen LogP contribution in [0.4, 0.5) is 0 Å². The summed E-state index contributed by atoms with van der Waals surface area (Å²) in [4.78, 5) is 11.5. The number of rotatable bonds is 3. The van der Waals surface area contributed by atoms with E-state index in [0.717, 1.165) is 34.9 Å². The van der Waals surface area contributed by atoms with Crippen LogP contribution in [0.15, 0.2) is 36.4 Å². The Morgan fingerprint density at radius 1 is 1.17 bits per heavy atom. The molecule has 2 aromatic rings. The van der Waals surface area contributed by atoms with E-state index in [1.165, 1.54) is 0 Å². The van der Waals surface area contributed by atoms with Crippen LogP contribution in [0.1, 0.15) is 18.4 Å².